The predicted molar refractivity (Wildman–Crippen MR) is 110 cm³/mol. The summed E-state index contributed by atoms with van der Waals surface area (Å²) in [5.74, 6) is -0.280. The number of alkyl halides is 3. The monoisotopic (exact) mass is 436 g/mol. The van der Waals surface area contributed by atoms with E-state index in [1.807, 2.05) is 18.2 Å². The Labute approximate surface area is 177 Å². The number of benzene rings is 2. The van der Waals surface area contributed by atoms with Crippen LogP contribution in [0.5, 0.6) is 0 Å². The number of nitrogens with zero attached hydrogens (tertiary/aromatic N) is 2. The van der Waals surface area contributed by atoms with Crippen LogP contribution in [0, 0.1) is 0 Å². The highest BCUT2D eigenvalue weighted by Crippen LogP contribution is 2.29. The van der Waals surface area contributed by atoms with Crippen molar-refractivity contribution in [2.75, 3.05) is 11.9 Å². The standard InChI is InChI=1S/C21H19F3N4O.ClH/c22-21(23,24)18-4-1-14(2-5-18)12-28-13-17(11-26-28)20(29)27-19-6-3-16-10-25-8-7-15(16)9-19;/h1-6,9,11,13,25H,7-8,10,12H2,(H,27,29);1H. The number of fused-ring (bicyclic) bond motifs is 1. The molecule has 2 N–H and O–H groups in total. The molecule has 0 spiro atoms. The molecule has 3 aromatic rings. The molecule has 1 amide bonds. The van der Waals surface area contributed by atoms with E-state index < -0.39 is 11.7 Å². The van der Waals surface area contributed by atoms with Gasteiger partial charge in [-0.3, -0.25) is 9.48 Å². The second kappa shape index (κ2) is 8.89. The van der Waals surface area contributed by atoms with Crippen LogP contribution >= 0.6 is 12.4 Å². The van der Waals surface area contributed by atoms with Crippen LogP contribution in [0.3, 0.4) is 0 Å². The van der Waals surface area contributed by atoms with Crippen molar-refractivity contribution in [3.05, 3.63) is 82.7 Å². The average Bonchev–Trinajstić information content (AvgIpc) is 3.16. The fraction of sp³-hybridized carbons (Fsp3) is 0.238. The van der Waals surface area contributed by atoms with Gasteiger partial charge in [0.05, 0.1) is 23.9 Å². The molecule has 1 aliphatic heterocycles. The third-order valence-corrected chi connectivity index (χ3v) is 4.87. The smallest absolute Gasteiger partial charge is 0.322 e. The minimum absolute atomic E-state index is 0. The van der Waals surface area contributed by atoms with Gasteiger partial charge in [0, 0.05) is 18.4 Å². The summed E-state index contributed by atoms with van der Waals surface area (Å²) in [7, 11) is 0. The van der Waals surface area contributed by atoms with Crippen molar-refractivity contribution in [3.8, 4) is 0 Å². The average molecular weight is 437 g/mol. The summed E-state index contributed by atoms with van der Waals surface area (Å²) in [6.07, 6.45) is -0.413. The molecule has 0 bridgehead atoms. The largest absolute Gasteiger partial charge is 0.416 e. The van der Waals surface area contributed by atoms with Crippen molar-refractivity contribution in [2.45, 2.75) is 25.7 Å². The fourth-order valence-corrected chi connectivity index (χ4v) is 3.31. The molecule has 0 aliphatic carbocycles. The second-order valence-electron chi connectivity index (χ2n) is 6.99. The molecule has 1 aliphatic rings. The van der Waals surface area contributed by atoms with E-state index in [9.17, 15) is 18.0 Å². The maximum absolute atomic E-state index is 12.6. The highest BCUT2D eigenvalue weighted by atomic mass is 35.5. The van der Waals surface area contributed by atoms with Gasteiger partial charge in [-0.25, -0.2) is 0 Å². The van der Waals surface area contributed by atoms with Gasteiger partial charge in [0.25, 0.3) is 5.91 Å². The highest BCUT2D eigenvalue weighted by molar-refractivity contribution is 6.04. The number of hydrogen-bond acceptors (Lipinski definition) is 3. The summed E-state index contributed by atoms with van der Waals surface area (Å²) >= 11 is 0. The van der Waals surface area contributed by atoms with Crippen LogP contribution in [0.15, 0.2) is 54.9 Å². The zero-order valence-corrected chi connectivity index (χ0v) is 16.7. The van der Waals surface area contributed by atoms with E-state index in [0.29, 0.717) is 11.1 Å². The summed E-state index contributed by atoms with van der Waals surface area (Å²) in [5.41, 5.74) is 3.54. The van der Waals surface area contributed by atoms with Crippen LogP contribution in [0.4, 0.5) is 18.9 Å². The summed E-state index contributed by atoms with van der Waals surface area (Å²) in [5, 5.41) is 10.3. The van der Waals surface area contributed by atoms with E-state index in [0.717, 1.165) is 37.3 Å². The number of nitrogens with one attached hydrogen (secondary N) is 2. The lowest BCUT2D eigenvalue weighted by molar-refractivity contribution is -0.137. The first-order chi connectivity index (χ1) is 13.9. The lowest BCUT2D eigenvalue weighted by Gasteiger charge is -2.18. The van der Waals surface area contributed by atoms with E-state index in [4.69, 9.17) is 0 Å². The van der Waals surface area contributed by atoms with E-state index in [1.165, 1.54) is 34.1 Å². The lowest BCUT2D eigenvalue weighted by Crippen LogP contribution is -2.23. The zero-order valence-electron chi connectivity index (χ0n) is 15.9. The van der Waals surface area contributed by atoms with Gasteiger partial charge in [0.1, 0.15) is 0 Å². The molecule has 0 unspecified atom stereocenters. The van der Waals surface area contributed by atoms with Gasteiger partial charge >= 0.3 is 6.18 Å². The van der Waals surface area contributed by atoms with Gasteiger partial charge in [-0.2, -0.15) is 18.3 Å². The van der Waals surface area contributed by atoms with Crippen LogP contribution in [0.25, 0.3) is 0 Å². The number of aromatic nitrogens is 2. The van der Waals surface area contributed by atoms with Crippen molar-refractivity contribution < 1.29 is 18.0 Å². The normalized spacial score (nSPS) is 13.3. The van der Waals surface area contributed by atoms with Crippen LogP contribution < -0.4 is 10.6 Å². The second-order valence-corrected chi connectivity index (χ2v) is 6.99. The zero-order chi connectivity index (χ0) is 20.4. The van der Waals surface area contributed by atoms with Crippen LogP contribution in [-0.2, 0) is 25.7 Å². The van der Waals surface area contributed by atoms with Crippen molar-refractivity contribution in [3.63, 3.8) is 0 Å². The number of rotatable bonds is 4. The van der Waals surface area contributed by atoms with Crippen LogP contribution in [0.1, 0.15) is 32.6 Å². The maximum atomic E-state index is 12.6. The number of amides is 1. The van der Waals surface area contributed by atoms with Gasteiger partial charge in [0.15, 0.2) is 0 Å². The number of halogens is 4. The first kappa shape index (κ1) is 21.9. The Morgan fingerprint density at radius 1 is 1.13 bits per heavy atom. The molecule has 2 aromatic carbocycles. The molecule has 9 heteroatoms. The van der Waals surface area contributed by atoms with Crippen molar-refractivity contribution in [2.24, 2.45) is 0 Å². The van der Waals surface area contributed by atoms with Gasteiger partial charge in [-0.15, -0.1) is 12.4 Å². The number of carbonyl (C=O) groups excluding carboxylic acids is 1. The molecule has 0 radical (unpaired) electrons. The van der Waals surface area contributed by atoms with Crippen LogP contribution in [-0.4, -0.2) is 22.2 Å². The lowest BCUT2D eigenvalue weighted by atomic mass is 10.0. The minimum Gasteiger partial charge on any atom is -0.322 e. The van der Waals surface area contributed by atoms with Crippen molar-refractivity contribution >= 4 is 24.0 Å². The van der Waals surface area contributed by atoms with Crippen molar-refractivity contribution in [1.82, 2.24) is 15.1 Å². The Kier molecular flexibility index (Phi) is 6.48. The molecule has 2 heterocycles. The Morgan fingerprint density at radius 2 is 1.90 bits per heavy atom. The third kappa shape index (κ3) is 5.01. The third-order valence-electron chi connectivity index (χ3n) is 4.87. The van der Waals surface area contributed by atoms with E-state index in [-0.39, 0.29) is 24.9 Å². The molecular weight excluding hydrogens is 417 g/mol. The van der Waals surface area contributed by atoms with Gasteiger partial charge in [-0.05, 0) is 53.9 Å². The minimum atomic E-state index is -4.36. The first-order valence-electron chi connectivity index (χ1n) is 9.21. The molecule has 0 saturated heterocycles. The Bertz CT molecular complexity index is 1030. The predicted octanol–water partition coefficient (Wildman–Crippen LogP) is 4.27. The summed E-state index contributed by atoms with van der Waals surface area (Å²) in [6, 6.07) is 10.8. The molecule has 0 fully saturated rings. The summed E-state index contributed by atoms with van der Waals surface area (Å²) in [4.78, 5) is 12.5. The quantitative estimate of drug-likeness (QED) is 0.642. The molecule has 0 atom stereocenters. The number of anilines is 1. The van der Waals surface area contributed by atoms with Crippen LogP contribution in [0.2, 0.25) is 0 Å². The Hall–Kier alpha value is -2.84. The molecule has 4 rings (SSSR count). The topological polar surface area (TPSA) is 59.0 Å². The maximum Gasteiger partial charge on any atom is 0.416 e. The van der Waals surface area contributed by atoms with Gasteiger partial charge < -0.3 is 10.6 Å². The summed E-state index contributed by atoms with van der Waals surface area (Å²) < 4.78 is 39.5. The molecular formula is C21H20ClF3N4O. The first-order valence-corrected chi connectivity index (χ1v) is 9.21. The molecule has 30 heavy (non-hydrogen) atoms. The van der Waals surface area contributed by atoms with E-state index in [1.54, 1.807) is 6.20 Å². The Balaban J connectivity index is 0.00000256. The van der Waals surface area contributed by atoms with E-state index in [2.05, 4.69) is 15.7 Å². The number of carbonyl (C=O) groups is 1. The fourth-order valence-electron chi connectivity index (χ4n) is 3.31. The molecule has 0 saturated carbocycles. The number of hydrogen-bond donors (Lipinski definition) is 2. The van der Waals surface area contributed by atoms with Crippen molar-refractivity contribution in [1.29, 1.82) is 0 Å². The SMILES string of the molecule is Cl.O=C(Nc1ccc2c(c1)CCNC2)c1cnn(Cc2ccc(C(F)(F)F)cc2)c1. The summed E-state index contributed by atoms with van der Waals surface area (Å²) in [6.45, 7) is 2.03. The van der Waals surface area contributed by atoms with E-state index >= 15 is 0 Å². The molecule has 5 nitrogen and oxygen atoms in total. The molecule has 1 aromatic heterocycles. The molecule has 158 valence electrons. The Morgan fingerprint density at radius 3 is 2.63 bits per heavy atom. The van der Waals surface area contributed by atoms with Gasteiger partial charge in [0.2, 0.25) is 0 Å². The van der Waals surface area contributed by atoms with Gasteiger partial charge in [-0.1, -0.05) is 18.2 Å². The highest BCUT2D eigenvalue weighted by Gasteiger charge is 2.29.